The molecule has 2 aromatic rings. The highest BCUT2D eigenvalue weighted by atomic mass is 32.2. The zero-order valence-electron chi connectivity index (χ0n) is 12.4. The van der Waals surface area contributed by atoms with Crippen molar-refractivity contribution in [2.24, 2.45) is 0 Å². The number of anilines is 1. The molecule has 1 heterocycles. The Balaban J connectivity index is 2.24. The molecule has 0 aliphatic carbocycles. The highest BCUT2D eigenvalue weighted by Gasteiger charge is 2.23. The van der Waals surface area contributed by atoms with Crippen LogP contribution in [0.4, 0.5) is 5.82 Å². The summed E-state index contributed by atoms with van der Waals surface area (Å²) in [7, 11) is -3.70. The van der Waals surface area contributed by atoms with Gasteiger partial charge < -0.3 is 5.73 Å². The first-order valence-corrected chi connectivity index (χ1v) is 8.23. The molecular weight excluding hydrogens is 288 g/mol. The maximum atomic E-state index is 12.4. The van der Waals surface area contributed by atoms with Crippen LogP contribution in [0.15, 0.2) is 35.4 Å². The third-order valence-corrected chi connectivity index (χ3v) is 4.84. The van der Waals surface area contributed by atoms with E-state index in [1.165, 1.54) is 10.9 Å². The van der Waals surface area contributed by atoms with Crippen molar-refractivity contribution < 1.29 is 8.42 Å². The molecule has 0 radical (unpaired) electrons. The Morgan fingerprint density at radius 1 is 1.33 bits per heavy atom. The Morgan fingerprint density at radius 3 is 2.48 bits per heavy atom. The van der Waals surface area contributed by atoms with Gasteiger partial charge in [0, 0.05) is 18.8 Å². The lowest BCUT2D eigenvalue weighted by Crippen LogP contribution is -2.27. The van der Waals surface area contributed by atoms with Gasteiger partial charge in [-0.15, -0.1) is 0 Å². The van der Waals surface area contributed by atoms with Gasteiger partial charge in [-0.3, -0.25) is 4.68 Å². The molecule has 0 fully saturated rings. The maximum absolute atomic E-state index is 12.4. The van der Waals surface area contributed by atoms with E-state index < -0.39 is 10.0 Å². The van der Waals surface area contributed by atoms with Gasteiger partial charge in [-0.05, 0) is 26.3 Å². The average Bonchev–Trinajstić information content (AvgIpc) is 2.81. The number of rotatable bonds is 5. The zero-order chi connectivity index (χ0) is 15.6. The van der Waals surface area contributed by atoms with E-state index >= 15 is 0 Å². The summed E-state index contributed by atoms with van der Waals surface area (Å²) < 4.78 is 28.9. The molecule has 1 aromatic heterocycles. The lowest BCUT2D eigenvalue weighted by atomic mass is 10.1. The number of nitrogens with two attached hydrogens (primary N) is 1. The summed E-state index contributed by atoms with van der Waals surface area (Å²) >= 11 is 0. The summed E-state index contributed by atoms with van der Waals surface area (Å²) in [6.45, 7) is 6.21. The molecule has 7 heteroatoms. The molecular formula is C14H20N4O2S. The van der Waals surface area contributed by atoms with E-state index in [4.69, 9.17) is 5.73 Å². The Bertz CT molecular complexity index is 720. The molecule has 21 heavy (non-hydrogen) atoms. The Kier molecular flexibility index (Phi) is 4.34. The van der Waals surface area contributed by atoms with Crippen molar-refractivity contribution in [3.63, 3.8) is 0 Å². The highest BCUT2D eigenvalue weighted by molar-refractivity contribution is 7.89. The standard InChI is InChI=1S/C14H20N4O2S/c1-4-18-9-13(14(15)16-18)21(19,20)17-11(3)12-7-5-10(2)6-8-12/h5-9,11,17H,4H2,1-3H3,(H2,15,16). The van der Waals surface area contributed by atoms with Gasteiger partial charge in [-0.25, -0.2) is 13.1 Å². The summed E-state index contributed by atoms with van der Waals surface area (Å²) in [6, 6.07) is 7.36. The highest BCUT2D eigenvalue weighted by Crippen LogP contribution is 2.20. The Labute approximate surface area is 125 Å². The lowest BCUT2D eigenvalue weighted by molar-refractivity contribution is 0.566. The van der Waals surface area contributed by atoms with Gasteiger partial charge in [-0.1, -0.05) is 29.8 Å². The minimum atomic E-state index is -3.70. The second-order valence-corrected chi connectivity index (χ2v) is 6.67. The number of nitrogen functional groups attached to an aromatic ring is 1. The number of nitrogens with zero attached hydrogens (tertiary/aromatic N) is 2. The number of nitrogens with one attached hydrogen (secondary N) is 1. The van der Waals surface area contributed by atoms with Crippen LogP contribution in [0.2, 0.25) is 0 Å². The van der Waals surface area contributed by atoms with Crippen LogP contribution in [0.1, 0.15) is 31.0 Å². The third-order valence-electron chi connectivity index (χ3n) is 3.28. The van der Waals surface area contributed by atoms with Gasteiger partial charge in [0.15, 0.2) is 5.82 Å². The average molecular weight is 308 g/mol. The molecule has 0 bridgehead atoms. The molecule has 0 spiro atoms. The van der Waals surface area contributed by atoms with Crippen LogP contribution >= 0.6 is 0 Å². The second-order valence-electron chi connectivity index (χ2n) is 4.99. The quantitative estimate of drug-likeness (QED) is 0.881. The van der Waals surface area contributed by atoms with Crippen molar-refractivity contribution in [1.82, 2.24) is 14.5 Å². The maximum Gasteiger partial charge on any atom is 0.246 e. The topological polar surface area (TPSA) is 90.0 Å². The molecule has 2 rings (SSSR count). The van der Waals surface area contributed by atoms with E-state index in [1.807, 2.05) is 38.1 Å². The van der Waals surface area contributed by atoms with E-state index in [0.717, 1.165) is 11.1 Å². The van der Waals surface area contributed by atoms with Crippen LogP contribution in [0.3, 0.4) is 0 Å². The van der Waals surface area contributed by atoms with Crippen LogP contribution < -0.4 is 10.5 Å². The van der Waals surface area contributed by atoms with Gasteiger partial charge in [0.25, 0.3) is 0 Å². The number of aryl methyl sites for hydroxylation is 2. The predicted octanol–water partition coefficient (Wildman–Crippen LogP) is 1.83. The van der Waals surface area contributed by atoms with Crippen molar-refractivity contribution in [1.29, 1.82) is 0 Å². The molecule has 0 aliphatic rings. The summed E-state index contributed by atoms with van der Waals surface area (Å²) in [5, 5.41) is 3.96. The number of benzene rings is 1. The molecule has 1 atom stereocenters. The van der Waals surface area contributed by atoms with E-state index in [-0.39, 0.29) is 16.8 Å². The first-order chi connectivity index (χ1) is 9.83. The van der Waals surface area contributed by atoms with Gasteiger partial charge in [-0.2, -0.15) is 5.10 Å². The summed E-state index contributed by atoms with van der Waals surface area (Å²) in [4.78, 5) is 0.0170. The van der Waals surface area contributed by atoms with Gasteiger partial charge >= 0.3 is 0 Å². The lowest BCUT2D eigenvalue weighted by Gasteiger charge is -2.14. The predicted molar refractivity (Wildman–Crippen MR) is 82.2 cm³/mol. The monoisotopic (exact) mass is 308 g/mol. The van der Waals surface area contributed by atoms with Crippen LogP contribution in [0, 0.1) is 6.92 Å². The number of hydrogen-bond donors (Lipinski definition) is 2. The molecule has 0 amide bonds. The van der Waals surface area contributed by atoms with Crippen LogP contribution in [0.5, 0.6) is 0 Å². The molecule has 114 valence electrons. The Hall–Kier alpha value is -1.86. The Morgan fingerprint density at radius 2 is 1.95 bits per heavy atom. The number of sulfonamides is 1. The fraction of sp³-hybridized carbons (Fsp3) is 0.357. The minimum Gasteiger partial charge on any atom is -0.381 e. The van der Waals surface area contributed by atoms with Crippen molar-refractivity contribution in [3.05, 3.63) is 41.6 Å². The van der Waals surface area contributed by atoms with Gasteiger partial charge in [0.05, 0.1) is 0 Å². The molecule has 1 aromatic carbocycles. The second kappa shape index (κ2) is 5.87. The fourth-order valence-corrected chi connectivity index (χ4v) is 3.31. The fourth-order valence-electron chi connectivity index (χ4n) is 2.01. The first kappa shape index (κ1) is 15.5. The van der Waals surface area contributed by atoms with Crippen LogP contribution in [0.25, 0.3) is 0 Å². The first-order valence-electron chi connectivity index (χ1n) is 6.75. The third kappa shape index (κ3) is 3.43. The van der Waals surface area contributed by atoms with E-state index in [1.54, 1.807) is 6.92 Å². The van der Waals surface area contributed by atoms with Crippen molar-refractivity contribution in [3.8, 4) is 0 Å². The minimum absolute atomic E-state index is 0.0143. The van der Waals surface area contributed by atoms with Crippen LogP contribution in [-0.4, -0.2) is 18.2 Å². The summed E-state index contributed by atoms with van der Waals surface area (Å²) in [5.41, 5.74) is 7.71. The van der Waals surface area contributed by atoms with E-state index in [0.29, 0.717) is 6.54 Å². The van der Waals surface area contributed by atoms with E-state index in [9.17, 15) is 8.42 Å². The smallest absolute Gasteiger partial charge is 0.246 e. The zero-order valence-corrected chi connectivity index (χ0v) is 13.2. The molecule has 0 aliphatic heterocycles. The molecule has 3 N–H and O–H groups in total. The van der Waals surface area contributed by atoms with E-state index in [2.05, 4.69) is 9.82 Å². The molecule has 6 nitrogen and oxygen atoms in total. The number of hydrogen-bond acceptors (Lipinski definition) is 4. The largest absolute Gasteiger partial charge is 0.381 e. The molecule has 0 saturated carbocycles. The molecule has 0 saturated heterocycles. The van der Waals surface area contributed by atoms with Gasteiger partial charge in [0.2, 0.25) is 10.0 Å². The van der Waals surface area contributed by atoms with Crippen molar-refractivity contribution in [2.75, 3.05) is 5.73 Å². The summed E-state index contributed by atoms with van der Waals surface area (Å²) in [5.74, 6) is 0.0143. The normalized spacial score (nSPS) is 13.3. The number of aromatic nitrogens is 2. The van der Waals surface area contributed by atoms with Crippen LogP contribution in [-0.2, 0) is 16.6 Å². The van der Waals surface area contributed by atoms with Crippen molar-refractivity contribution >= 4 is 15.8 Å². The summed E-state index contributed by atoms with van der Waals surface area (Å²) in [6.07, 6.45) is 1.44. The van der Waals surface area contributed by atoms with Gasteiger partial charge in [0.1, 0.15) is 4.90 Å². The molecule has 1 unspecified atom stereocenters. The van der Waals surface area contributed by atoms with Crippen molar-refractivity contribution in [2.45, 2.75) is 38.3 Å². The SMILES string of the molecule is CCn1cc(S(=O)(=O)NC(C)c2ccc(C)cc2)c(N)n1.